The van der Waals surface area contributed by atoms with Crippen LogP contribution in [0.2, 0.25) is 0 Å². The highest BCUT2D eigenvalue weighted by molar-refractivity contribution is 7.10. The molecule has 0 spiro atoms. The van der Waals surface area contributed by atoms with Gasteiger partial charge in [-0.2, -0.15) is 0 Å². The largest absolute Gasteiger partial charge is 0.360 e. The third-order valence-electron chi connectivity index (χ3n) is 5.07. The predicted octanol–water partition coefficient (Wildman–Crippen LogP) is 4.81. The Kier molecular flexibility index (Phi) is 4.25. The number of nitrogens with one attached hydrogen (secondary N) is 1. The maximum absolute atomic E-state index is 12.9. The maximum Gasteiger partial charge on any atom is 0.178 e. The van der Waals surface area contributed by atoms with Crippen LogP contribution in [0.15, 0.2) is 41.9 Å². The zero-order valence-corrected chi connectivity index (χ0v) is 14.7. The van der Waals surface area contributed by atoms with Gasteiger partial charge < -0.3 is 4.98 Å². The predicted molar refractivity (Wildman–Crippen MR) is 99.9 cm³/mol. The van der Waals surface area contributed by atoms with E-state index < -0.39 is 0 Å². The van der Waals surface area contributed by atoms with Gasteiger partial charge in [0, 0.05) is 33.6 Å². The van der Waals surface area contributed by atoms with Crippen molar-refractivity contribution in [1.29, 1.82) is 0 Å². The number of fused-ring (bicyclic) bond motifs is 1. The second-order valence-electron chi connectivity index (χ2n) is 6.46. The van der Waals surface area contributed by atoms with E-state index in [9.17, 15) is 4.79 Å². The molecule has 3 aromatic rings. The molecule has 1 aliphatic rings. The molecule has 1 aliphatic heterocycles. The van der Waals surface area contributed by atoms with E-state index in [4.69, 9.17) is 0 Å². The Bertz CT molecular complexity index is 850. The number of aromatic nitrogens is 1. The summed E-state index contributed by atoms with van der Waals surface area (Å²) >= 11 is 1.80. The number of H-pyrrole nitrogens is 1. The number of ketones is 1. The van der Waals surface area contributed by atoms with E-state index in [1.807, 2.05) is 6.20 Å². The summed E-state index contributed by atoms with van der Waals surface area (Å²) in [6.45, 7) is 3.66. The number of carbonyl (C=O) groups excluding carboxylic acids is 1. The lowest BCUT2D eigenvalue weighted by Crippen LogP contribution is -2.29. The van der Waals surface area contributed by atoms with E-state index in [0.717, 1.165) is 35.9 Å². The third kappa shape index (κ3) is 2.70. The lowest BCUT2D eigenvalue weighted by Gasteiger charge is -2.22. The molecule has 4 rings (SSSR count). The van der Waals surface area contributed by atoms with Gasteiger partial charge in [0.2, 0.25) is 0 Å². The molecule has 4 heteroatoms. The molecule has 0 radical (unpaired) electrons. The Morgan fingerprint density at radius 2 is 2.25 bits per heavy atom. The summed E-state index contributed by atoms with van der Waals surface area (Å²) in [7, 11) is 0. The molecule has 0 aliphatic carbocycles. The van der Waals surface area contributed by atoms with Crippen LogP contribution in [-0.2, 0) is 6.42 Å². The molecule has 0 amide bonds. The first-order valence-electron chi connectivity index (χ1n) is 8.67. The van der Waals surface area contributed by atoms with Crippen LogP contribution in [-0.4, -0.2) is 28.8 Å². The van der Waals surface area contributed by atoms with Crippen molar-refractivity contribution in [2.24, 2.45) is 0 Å². The van der Waals surface area contributed by atoms with Crippen molar-refractivity contribution in [1.82, 2.24) is 9.88 Å². The number of aromatic amines is 1. The van der Waals surface area contributed by atoms with E-state index in [0.29, 0.717) is 12.6 Å². The van der Waals surface area contributed by atoms with Gasteiger partial charge in [0.25, 0.3) is 0 Å². The van der Waals surface area contributed by atoms with Gasteiger partial charge in [0.1, 0.15) is 0 Å². The number of hydrogen-bond donors (Lipinski definition) is 1. The minimum atomic E-state index is 0.220. The van der Waals surface area contributed by atoms with Crippen molar-refractivity contribution in [3.8, 4) is 0 Å². The molecule has 124 valence electrons. The molecular weight excluding hydrogens is 316 g/mol. The lowest BCUT2D eigenvalue weighted by atomic mass is 10.0. The van der Waals surface area contributed by atoms with Crippen molar-refractivity contribution in [3.63, 3.8) is 0 Å². The highest BCUT2D eigenvalue weighted by Crippen LogP contribution is 2.34. The van der Waals surface area contributed by atoms with Crippen LogP contribution >= 0.6 is 11.3 Å². The molecule has 24 heavy (non-hydrogen) atoms. The van der Waals surface area contributed by atoms with Gasteiger partial charge >= 0.3 is 0 Å². The molecule has 2 aromatic heterocycles. The molecule has 0 saturated carbocycles. The summed E-state index contributed by atoms with van der Waals surface area (Å²) in [6.07, 6.45) is 5.19. The number of benzene rings is 1. The van der Waals surface area contributed by atoms with E-state index in [1.54, 1.807) is 11.3 Å². The normalized spacial score (nSPS) is 18.5. The Morgan fingerprint density at radius 1 is 1.33 bits per heavy atom. The van der Waals surface area contributed by atoms with Crippen LogP contribution in [0, 0.1) is 0 Å². The van der Waals surface area contributed by atoms with Gasteiger partial charge in [0.15, 0.2) is 5.78 Å². The number of aryl methyl sites for hydroxylation is 1. The Hall–Kier alpha value is -1.91. The van der Waals surface area contributed by atoms with E-state index in [2.05, 4.69) is 52.5 Å². The maximum atomic E-state index is 12.9. The van der Waals surface area contributed by atoms with Gasteiger partial charge in [0.05, 0.1) is 6.54 Å². The van der Waals surface area contributed by atoms with Crippen LogP contribution in [0.4, 0.5) is 0 Å². The summed E-state index contributed by atoms with van der Waals surface area (Å²) in [4.78, 5) is 20.0. The first kappa shape index (κ1) is 15.6. The van der Waals surface area contributed by atoms with Gasteiger partial charge in [-0.25, -0.2) is 0 Å². The molecule has 3 heterocycles. The third-order valence-corrected chi connectivity index (χ3v) is 6.04. The van der Waals surface area contributed by atoms with Crippen molar-refractivity contribution in [3.05, 3.63) is 57.9 Å². The Balaban J connectivity index is 1.58. The zero-order chi connectivity index (χ0) is 16.5. The standard InChI is InChI=1S/C20H22N2OS/c1-2-14-6-3-7-15-16(12-21-20(14)15)18(23)13-22-10-4-8-17(22)19-9-5-11-24-19/h3,5-7,9,11-12,17,21H,2,4,8,10,13H2,1H3. The summed E-state index contributed by atoms with van der Waals surface area (Å²) in [5.74, 6) is 0.220. The van der Waals surface area contributed by atoms with E-state index in [1.165, 1.54) is 16.9 Å². The average molecular weight is 338 g/mol. The highest BCUT2D eigenvalue weighted by Gasteiger charge is 2.29. The molecule has 1 aromatic carbocycles. The second kappa shape index (κ2) is 6.54. The fraction of sp³-hybridized carbons (Fsp3) is 0.350. The molecular formula is C20H22N2OS. The fourth-order valence-corrected chi connectivity index (χ4v) is 4.73. The lowest BCUT2D eigenvalue weighted by molar-refractivity contribution is 0.0924. The highest BCUT2D eigenvalue weighted by atomic mass is 32.1. The fourth-order valence-electron chi connectivity index (χ4n) is 3.83. The van der Waals surface area contributed by atoms with Crippen molar-refractivity contribution >= 4 is 28.0 Å². The van der Waals surface area contributed by atoms with Crippen LogP contribution < -0.4 is 0 Å². The number of carbonyl (C=O) groups is 1. The number of nitrogens with zero attached hydrogens (tertiary/aromatic N) is 1. The summed E-state index contributed by atoms with van der Waals surface area (Å²) in [5, 5.41) is 3.19. The van der Waals surface area contributed by atoms with Gasteiger partial charge in [-0.05, 0) is 42.8 Å². The van der Waals surface area contributed by atoms with Crippen molar-refractivity contribution in [2.45, 2.75) is 32.2 Å². The van der Waals surface area contributed by atoms with Crippen LogP contribution in [0.5, 0.6) is 0 Å². The number of para-hydroxylation sites is 1. The van der Waals surface area contributed by atoms with Gasteiger partial charge in [-0.3, -0.25) is 9.69 Å². The summed E-state index contributed by atoms with van der Waals surface area (Å²) < 4.78 is 0. The van der Waals surface area contributed by atoms with Crippen molar-refractivity contribution < 1.29 is 4.79 Å². The summed E-state index contributed by atoms with van der Waals surface area (Å²) in [5.41, 5.74) is 3.21. The van der Waals surface area contributed by atoms with Crippen LogP contribution in [0.25, 0.3) is 10.9 Å². The number of likely N-dealkylation sites (tertiary alicyclic amines) is 1. The van der Waals surface area contributed by atoms with Crippen molar-refractivity contribution in [2.75, 3.05) is 13.1 Å². The molecule has 3 nitrogen and oxygen atoms in total. The number of Topliss-reactive ketones (excluding diaryl/α,β-unsaturated/α-hetero) is 1. The monoisotopic (exact) mass is 338 g/mol. The molecule has 1 unspecified atom stereocenters. The molecule has 1 N–H and O–H groups in total. The zero-order valence-electron chi connectivity index (χ0n) is 13.9. The molecule has 0 bridgehead atoms. The smallest absolute Gasteiger partial charge is 0.178 e. The Morgan fingerprint density at radius 3 is 3.04 bits per heavy atom. The average Bonchev–Trinajstić information content (AvgIpc) is 3.33. The summed E-state index contributed by atoms with van der Waals surface area (Å²) in [6, 6.07) is 10.9. The number of hydrogen-bond acceptors (Lipinski definition) is 3. The molecule has 1 saturated heterocycles. The first-order valence-corrected chi connectivity index (χ1v) is 9.55. The van der Waals surface area contributed by atoms with Crippen LogP contribution in [0.3, 0.4) is 0 Å². The van der Waals surface area contributed by atoms with Crippen LogP contribution in [0.1, 0.15) is 46.6 Å². The second-order valence-corrected chi connectivity index (χ2v) is 7.44. The minimum absolute atomic E-state index is 0.220. The van der Waals surface area contributed by atoms with E-state index in [-0.39, 0.29) is 5.78 Å². The molecule has 1 fully saturated rings. The van der Waals surface area contributed by atoms with Gasteiger partial charge in [-0.15, -0.1) is 11.3 Å². The quantitative estimate of drug-likeness (QED) is 0.678. The number of rotatable bonds is 5. The van der Waals surface area contributed by atoms with E-state index >= 15 is 0 Å². The van der Waals surface area contributed by atoms with Gasteiger partial charge in [-0.1, -0.05) is 31.2 Å². The SMILES string of the molecule is CCc1cccc2c(C(=O)CN3CCCC3c3cccs3)c[nH]c12. The minimum Gasteiger partial charge on any atom is -0.360 e. The molecule has 1 atom stereocenters. The Labute approximate surface area is 146 Å². The topological polar surface area (TPSA) is 36.1 Å². The first-order chi connectivity index (χ1) is 11.8. The number of thiophene rings is 1.